The Labute approximate surface area is 169 Å². The lowest BCUT2D eigenvalue weighted by Gasteiger charge is -2.33. The van der Waals surface area contributed by atoms with Crippen molar-refractivity contribution in [2.45, 2.75) is 19.6 Å². The third kappa shape index (κ3) is 3.59. The Morgan fingerprint density at radius 3 is 1.55 bits per heavy atom. The predicted octanol–water partition coefficient (Wildman–Crippen LogP) is 4.15. The third-order valence-corrected chi connectivity index (χ3v) is 4.82. The van der Waals surface area contributed by atoms with Gasteiger partial charge in [0.25, 0.3) is 5.79 Å². The molecular weight excluding hydrogens is 366 g/mol. The summed E-state index contributed by atoms with van der Waals surface area (Å²) in [6, 6.07) is 19.6. The van der Waals surface area contributed by atoms with Crippen LogP contribution >= 0.6 is 0 Å². The van der Waals surface area contributed by atoms with Crippen LogP contribution in [0.4, 0.5) is 0 Å². The number of hydrogen-bond acceptors (Lipinski definition) is 5. The van der Waals surface area contributed by atoms with Gasteiger partial charge in [0, 0.05) is 37.9 Å². The van der Waals surface area contributed by atoms with Crippen LogP contribution in [0.15, 0.2) is 84.0 Å². The van der Waals surface area contributed by atoms with Crippen molar-refractivity contribution < 1.29 is 19.1 Å². The lowest BCUT2D eigenvalue weighted by molar-refractivity contribution is -0.222. The fraction of sp³-hybridized carbons (Fsp3) is 0.167. The molecule has 2 aromatic carbocycles. The number of rotatable bonds is 2. The minimum atomic E-state index is -1.28. The Kier molecular flexibility index (Phi) is 4.59. The van der Waals surface area contributed by atoms with E-state index in [1.165, 1.54) is 13.8 Å². The van der Waals surface area contributed by atoms with Crippen molar-refractivity contribution in [1.82, 2.24) is 4.90 Å². The van der Waals surface area contributed by atoms with E-state index in [1.54, 1.807) is 0 Å². The van der Waals surface area contributed by atoms with Gasteiger partial charge >= 0.3 is 11.9 Å². The van der Waals surface area contributed by atoms with E-state index in [9.17, 15) is 9.59 Å². The largest absolute Gasteiger partial charge is 0.419 e. The van der Waals surface area contributed by atoms with Crippen LogP contribution in [0.1, 0.15) is 25.0 Å². The van der Waals surface area contributed by atoms with Gasteiger partial charge in [-0.2, -0.15) is 0 Å². The van der Waals surface area contributed by atoms with E-state index < -0.39 is 17.7 Å². The Morgan fingerprint density at radius 2 is 1.14 bits per heavy atom. The van der Waals surface area contributed by atoms with E-state index in [4.69, 9.17) is 9.47 Å². The first-order chi connectivity index (χ1) is 13.9. The molecule has 2 aliphatic rings. The maximum atomic E-state index is 12.6. The fourth-order valence-corrected chi connectivity index (χ4v) is 3.46. The van der Waals surface area contributed by atoms with Gasteiger partial charge < -0.3 is 14.4 Å². The SMILES string of the molecule is CN1C(c2ccccc2)=CC(=C2C(=O)OC(C)(C)OC2=O)C=C1c1ccccc1. The monoisotopic (exact) mass is 387 g/mol. The number of hydrogen-bond donors (Lipinski definition) is 0. The molecule has 0 spiro atoms. The maximum Gasteiger partial charge on any atom is 0.349 e. The number of nitrogens with zero attached hydrogens (tertiary/aromatic N) is 1. The molecule has 29 heavy (non-hydrogen) atoms. The molecule has 5 nitrogen and oxygen atoms in total. The summed E-state index contributed by atoms with van der Waals surface area (Å²) in [6.07, 6.45) is 3.63. The van der Waals surface area contributed by atoms with Gasteiger partial charge in [-0.1, -0.05) is 60.7 Å². The number of benzene rings is 2. The van der Waals surface area contributed by atoms with Crippen molar-refractivity contribution in [3.63, 3.8) is 0 Å². The first kappa shape index (κ1) is 18.7. The van der Waals surface area contributed by atoms with Gasteiger partial charge in [0.2, 0.25) is 0 Å². The molecule has 0 radical (unpaired) electrons. The summed E-state index contributed by atoms with van der Waals surface area (Å²) in [5, 5.41) is 0. The number of carbonyl (C=O) groups is 2. The van der Waals surface area contributed by atoms with Crippen molar-refractivity contribution in [2.75, 3.05) is 7.05 Å². The molecule has 0 aliphatic carbocycles. The lowest BCUT2D eigenvalue weighted by Crippen LogP contribution is -2.42. The number of allylic oxidation sites excluding steroid dienone is 3. The zero-order valence-corrected chi connectivity index (χ0v) is 16.5. The molecular formula is C24H21NO4. The van der Waals surface area contributed by atoms with Gasteiger partial charge in [-0.15, -0.1) is 0 Å². The molecule has 2 heterocycles. The smallest absolute Gasteiger partial charge is 0.349 e. The molecule has 0 atom stereocenters. The summed E-state index contributed by atoms with van der Waals surface area (Å²) < 4.78 is 10.6. The van der Waals surface area contributed by atoms with E-state index >= 15 is 0 Å². The van der Waals surface area contributed by atoms with E-state index in [0.717, 1.165) is 22.5 Å². The van der Waals surface area contributed by atoms with Crippen molar-refractivity contribution in [3.05, 3.63) is 95.1 Å². The second-order valence-corrected chi connectivity index (χ2v) is 7.36. The maximum absolute atomic E-state index is 12.6. The molecule has 2 aromatic rings. The first-order valence-electron chi connectivity index (χ1n) is 9.35. The van der Waals surface area contributed by atoms with Crippen molar-refractivity contribution in [3.8, 4) is 0 Å². The average molecular weight is 387 g/mol. The summed E-state index contributed by atoms with van der Waals surface area (Å²) >= 11 is 0. The Balaban J connectivity index is 1.91. The highest BCUT2D eigenvalue weighted by atomic mass is 16.7. The van der Waals surface area contributed by atoms with Crippen LogP contribution in [0.5, 0.6) is 0 Å². The average Bonchev–Trinajstić information content (AvgIpc) is 2.69. The van der Waals surface area contributed by atoms with Crippen LogP contribution in [0.3, 0.4) is 0 Å². The minimum Gasteiger partial charge on any atom is -0.419 e. The van der Waals surface area contributed by atoms with E-state index in [2.05, 4.69) is 0 Å². The fourth-order valence-electron chi connectivity index (χ4n) is 3.46. The lowest BCUT2D eigenvalue weighted by atomic mass is 9.95. The van der Waals surface area contributed by atoms with E-state index in [0.29, 0.717) is 5.57 Å². The van der Waals surface area contributed by atoms with Gasteiger partial charge in [-0.3, -0.25) is 0 Å². The van der Waals surface area contributed by atoms with Crippen LogP contribution in [-0.4, -0.2) is 29.7 Å². The molecule has 0 amide bonds. The van der Waals surface area contributed by atoms with Gasteiger partial charge in [-0.25, -0.2) is 9.59 Å². The van der Waals surface area contributed by atoms with Gasteiger partial charge in [0.15, 0.2) is 5.57 Å². The van der Waals surface area contributed by atoms with E-state index in [-0.39, 0.29) is 5.57 Å². The normalized spacial score (nSPS) is 18.7. The van der Waals surface area contributed by atoms with E-state index in [1.807, 2.05) is 84.8 Å². The van der Waals surface area contributed by atoms with Crippen LogP contribution in [-0.2, 0) is 19.1 Å². The summed E-state index contributed by atoms with van der Waals surface area (Å²) in [4.78, 5) is 27.3. The molecule has 5 heteroatoms. The second kappa shape index (κ2) is 7.09. The van der Waals surface area contributed by atoms with Crippen molar-refractivity contribution in [1.29, 1.82) is 0 Å². The van der Waals surface area contributed by atoms with Crippen LogP contribution in [0, 0.1) is 0 Å². The summed E-state index contributed by atoms with van der Waals surface area (Å²) in [7, 11) is 1.96. The molecule has 0 bridgehead atoms. The summed E-state index contributed by atoms with van der Waals surface area (Å²) in [5.74, 6) is -2.64. The molecule has 0 aromatic heterocycles. The molecule has 0 unspecified atom stereocenters. The zero-order valence-electron chi connectivity index (χ0n) is 16.5. The number of esters is 2. The van der Waals surface area contributed by atoms with Crippen LogP contribution < -0.4 is 0 Å². The van der Waals surface area contributed by atoms with Gasteiger partial charge in [0.05, 0.1) is 0 Å². The summed E-state index contributed by atoms with van der Waals surface area (Å²) in [6.45, 7) is 3.07. The number of cyclic esters (lactones) is 2. The van der Waals surface area contributed by atoms with Gasteiger partial charge in [0.1, 0.15) is 0 Å². The zero-order chi connectivity index (χ0) is 20.6. The quantitative estimate of drug-likeness (QED) is 0.440. The molecule has 1 fully saturated rings. The number of ether oxygens (including phenoxy) is 2. The molecule has 0 saturated carbocycles. The highest BCUT2D eigenvalue weighted by molar-refractivity contribution is 6.17. The Morgan fingerprint density at radius 1 is 0.724 bits per heavy atom. The van der Waals surface area contributed by atoms with Crippen LogP contribution in [0.25, 0.3) is 11.4 Å². The van der Waals surface area contributed by atoms with Crippen molar-refractivity contribution in [2.24, 2.45) is 0 Å². The predicted molar refractivity (Wildman–Crippen MR) is 110 cm³/mol. The molecule has 0 N–H and O–H groups in total. The topological polar surface area (TPSA) is 55.8 Å². The molecule has 146 valence electrons. The standard InChI is InChI=1S/C24H21NO4/c1-24(2)28-22(26)21(23(27)29-24)18-14-19(16-10-6-4-7-11-16)25(3)20(15-18)17-12-8-5-9-13-17/h4-15H,1-3H3. The Bertz CT molecular complexity index is 981. The molecule has 1 saturated heterocycles. The van der Waals surface area contributed by atoms with Gasteiger partial charge in [-0.05, 0) is 23.3 Å². The minimum absolute atomic E-state index is 0.0979. The first-order valence-corrected chi connectivity index (χ1v) is 9.35. The summed E-state index contributed by atoms with van der Waals surface area (Å²) in [5.41, 5.74) is 4.02. The second-order valence-electron chi connectivity index (χ2n) is 7.36. The van der Waals surface area contributed by atoms with Crippen molar-refractivity contribution >= 4 is 23.3 Å². The third-order valence-electron chi connectivity index (χ3n) is 4.82. The highest BCUT2D eigenvalue weighted by Crippen LogP contribution is 2.36. The highest BCUT2D eigenvalue weighted by Gasteiger charge is 2.40. The molecule has 4 rings (SSSR count). The number of carbonyl (C=O) groups excluding carboxylic acids is 2. The molecule has 2 aliphatic heterocycles. The Hall–Kier alpha value is -3.60. The van der Waals surface area contributed by atoms with Crippen LogP contribution in [0.2, 0.25) is 0 Å².